The van der Waals surface area contributed by atoms with Crippen LogP contribution in [-0.2, 0) is 11.3 Å². The summed E-state index contributed by atoms with van der Waals surface area (Å²) in [5.41, 5.74) is 2.23. The fourth-order valence-corrected chi connectivity index (χ4v) is 4.59. The van der Waals surface area contributed by atoms with Gasteiger partial charge >= 0.3 is 0 Å². The maximum atomic E-state index is 13.1. The molecule has 160 valence electrons. The molecule has 2 N–H and O–H groups in total. The summed E-state index contributed by atoms with van der Waals surface area (Å²) >= 11 is 8.11. The third-order valence-electron chi connectivity index (χ3n) is 5.13. The van der Waals surface area contributed by atoms with E-state index < -0.39 is 6.04 Å². The Hall–Kier alpha value is -2.02. The predicted octanol–water partition coefficient (Wildman–Crippen LogP) is 4.28. The standard InChI is InChI=1S/C23H28ClN3O2S/c1-16(2)21(26-22(28)18-8-4-5-9-19(18)24)23(29)25-20-10-6-3-7-17(20)15-27-11-13-30-14-12-27/h3-10,16,21H,11-15H2,1-2H3,(H,25,29)(H,26,28). The molecular formula is C23H28ClN3O2S. The Balaban J connectivity index is 1.71. The molecule has 2 aromatic carbocycles. The lowest BCUT2D eigenvalue weighted by Gasteiger charge is -2.27. The summed E-state index contributed by atoms with van der Waals surface area (Å²) in [5.74, 6) is 1.61. The minimum Gasteiger partial charge on any atom is -0.340 e. The largest absolute Gasteiger partial charge is 0.340 e. The Morgan fingerprint density at radius 3 is 2.43 bits per heavy atom. The van der Waals surface area contributed by atoms with Crippen LogP contribution < -0.4 is 10.6 Å². The minimum absolute atomic E-state index is 0.0808. The SMILES string of the molecule is CC(C)C(NC(=O)c1ccccc1Cl)C(=O)Nc1ccccc1CN1CCSCC1. The molecule has 2 aromatic rings. The maximum Gasteiger partial charge on any atom is 0.253 e. The first kappa shape index (κ1) is 22.7. The quantitative estimate of drug-likeness (QED) is 0.667. The molecule has 1 heterocycles. The fraction of sp³-hybridized carbons (Fsp3) is 0.391. The predicted molar refractivity (Wildman–Crippen MR) is 125 cm³/mol. The summed E-state index contributed by atoms with van der Waals surface area (Å²) in [6.45, 7) is 6.73. The number of rotatable bonds is 7. The van der Waals surface area contributed by atoms with E-state index in [9.17, 15) is 9.59 Å². The van der Waals surface area contributed by atoms with Gasteiger partial charge in [-0.25, -0.2) is 0 Å². The highest BCUT2D eigenvalue weighted by Crippen LogP contribution is 2.21. The number of carbonyl (C=O) groups is 2. The van der Waals surface area contributed by atoms with Crippen LogP contribution in [0.3, 0.4) is 0 Å². The zero-order chi connectivity index (χ0) is 21.5. The monoisotopic (exact) mass is 445 g/mol. The number of hydrogen-bond acceptors (Lipinski definition) is 4. The average molecular weight is 446 g/mol. The molecular weight excluding hydrogens is 418 g/mol. The van der Waals surface area contributed by atoms with Gasteiger partial charge in [0.05, 0.1) is 10.6 Å². The molecule has 2 amide bonds. The van der Waals surface area contributed by atoms with E-state index in [1.54, 1.807) is 24.3 Å². The van der Waals surface area contributed by atoms with E-state index in [-0.39, 0.29) is 17.7 Å². The maximum absolute atomic E-state index is 13.1. The molecule has 1 saturated heterocycles. The van der Waals surface area contributed by atoms with Gasteiger partial charge in [0.25, 0.3) is 5.91 Å². The second-order valence-electron chi connectivity index (χ2n) is 7.71. The zero-order valence-electron chi connectivity index (χ0n) is 17.4. The average Bonchev–Trinajstić information content (AvgIpc) is 2.74. The second-order valence-corrected chi connectivity index (χ2v) is 9.34. The number of amides is 2. The van der Waals surface area contributed by atoms with Crippen LogP contribution in [0.2, 0.25) is 5.02 Å². The molecule has 1 aliphatic rings. The molecule has 30 heavy (non-hydrogen) atoms. The molecule has 0 spiro atoms. The Labute approximate surface area is 187 Å². The number of para-hydroxylation sites is 1. The Bertz CT molecular complexity index is 884. The van der Waals surface area contributed by atoms with Gasteiger partial charge in [-0.1, -0.05) is 55.8 Å². The summed E-state index contributed by atoms with van der Waals surface area (Å²) < 4.78 is 0. The smallest absolute Gasteiger partial charge is 0.253 e. The lowest BCUT2D eigenvalue weighted by molar-refractivity contribution is -0.118. The third kappa shape index (κ3) is 6.00. The lowest BCUT2D eigenvalue weighted by Crippen LogP contribution is -2.47. The van der Waals surface area contributed by atoms with Crippen LogP contribution in [0.5, 0.6) is 0 Å². The lowest BCUT2D eigenvalue weighted by atomic mass is 10.0. The number of carbonyl (C=O) groups excluding carboxylic acids is 2. The van der Waals surface area contributed by atoms with Crippen LogP contribution in [0, 0.1) is 5.92 Å². The van der Waals surface area contributed by atoms with Crippen molar-refractivity contribution in [2.75, 3.05) is 29.9 Å². The molecule has 0 saturated carbocycles. The highest BCUT2D eigenvalue weighted by Gasteiger charge is 2.26. The van der Waals surface area contributed by atoms with Crippen LogP contribution in [-0.4, -0.2) is 47.4 Å². The van der Waals surface area contributed by atoms with Gasteiger partial charge in [-0.3, -0.25) is 14.5 Å². The molecule has 1 aliphatic heterocycles. The molecule has 1 fully saturated rings. The van der Waals surface area contributed by atoms with Gasteiger partial charge in [0, 0.05) is 36.8 Å². The van der Waals surface area contributed by atoms with Crippen LogP contribution in [0.25, 0.3) is 0 Å². The number of thioether (sulfide) groups is 1. The molecule has 0 aliphatic carbocycles. The first-order valence-corrected chi connectivity index (χ1v) is 11.7. The summed E-state index contributed by atoms with van der Waals surface area (Å²) in [4.78, 5) is 28.2. The van der Waals surface area contributed by atoms with Crippen molar-refractivity contribution in [1.29, 1.82) is 0 Å². The fourth-order valence-electron chi connectivity index (χ4n) is 3.39. The summed E-state index contributed by atoms with van der Waals surface area (Å²) in [6, 6.07) is 14.0. The zero-order valence-corrected chi connectivity index (χ0v) is 18.9. The number of nitrogens with zero attached hydrogens (tertiary/aromatic N) is 1. The van der Waals surface area contributed by atoms with E-state index in [4.69, 9.17) is 11.6 Å². The van der Waals surface area contributed by atoms with Crippen LogP contribution in [0.1, 0.15) is 29.8 Å². The molecule has 3 rings (SSSR count). The first-order chi connectivity index (χ1) is 14.5. The molecule has 1 atom stereocenters. The number of hydrogen-bond donors (Lipinski definition) is 2. The van der Waals surface area contributed by atoms with E-state index in [1.165, 1.54) is 0 Å². The first-order valence-electron chi connectivity index (χ1n) is 10.2. The van der Waals surface area contributed by atoms with Gasteiger partial charge in [0.2, 0.25) is 5.91 Å². The molecule has 0 bridgehead atoms. The van der Waals surface area contributed by atoms with Crippen molar-refractivity contribution in [2.45, 2.75) is 26.4 Å². The number of nitrogens with one attached hydrogen (secondary N) is 2. The van der Waals surface area contributed by atoms with Crippen LogP contribution in [0.4, 0.5) is 5.69 Å². The summed E-state index contributed by atoms with van der Waals surface area (Å²) in [5, 5.41) is 6.24. The van der Waals surface area contributed by atoms with Gasteiger partial charge < -0.3 is 10.6 Å². The Morgan fingerprint density at radius 2 is 1.73 bits per heavy atom. The number of anilines is 1. The van der Waals surface area contributed by atoms with Gasteiger partial charge in [0.1, 0.15) is 6.04 Å². The van der Waals surface area contributed by atoms with E-state index in [2.05, 4.69) is 15.5 Å². The van der Waals surface area contributed by atoms with Crippen LogP contribution in [0.15, 0.2) is 48.5 Å². The van der Waals surface area contributed by atoms with Gasteiger partial charge in [0.15, 0.2) is 0 Å². The van der Waals surface area contributed by atoms with Crippen molar-refractivity contribution in [3.8, 4) is 0 Å². The van der Waals surface area contributed by atoms with Crippen molar-refractivity contribution in [3.63, 3.8) is 0 Å². The molecule has 5 nitrogen and oxygen atoms in total. The summed E-state index contributed by atoms with van der Waals surface area (Å²) in [6.07, 6.45) is 0. The molecule has 1 unspecified atom stereocenters. The summed E-state index contributed by atoms with van der Waals surface area (Å²) in [7, 11) is 0. The molecule has 0 aromatic heterocycles. The third-order valence-corrected chi connectivity index (χ3v) is 6.40. The van der Waals surface area contributed by atoms with E-state index in [1.807, 2.05) is 49.9 Å². The van der Waals surface area contributed by atoms with Crippen LogP contribution >= 0.6 is 23.4 Å². The van der Waals surface area contributed by atoms with E-state index >= 15 is 0 Å². The number of benzene rings is 2. The molecule has 0 radical (unpaired) electrons. The highest BCUT2D eigenvalue weighted by molar-refractivity contribution is 7.99. The topological polar surface area (TPSA) is 61.4 Å². The number of halogens is 1. The van der Waals surface area contributed by atoms with E-state index in [0.29, 0.717) is 10.6 Å². The van der Waals surface area contributed by atoms with Crippen molar-refractivity contribution < 1.29 is 9.59 Å². The van der Waals surface area contributed by atoms with Crippen molar-refractivity contribution in [1.82, 2.24) is 10.2 Å². The Morgan fingerprint density at radius 1 is 1.07 bits per heavy atom. The Kier molecular flexibility index (Phi) is 8.19. The van der Waals surface area contributed by atoms with Gasteiger partial charge in [-0.15, -0.1) is 0 Å². The molecule has 7 heteroatoms. The van der Waals surface area contributed by atoms with Crippen molar-refractivity contribution in [2.24, 2.45) is 5.92 Å². The minimum atomic E-state index is -0.673. The highest BCUT2D eigenvalue weighted by atomic mass is 35.5. The van der Waals surface area contributed by atoms with Crippen molar-refractivity contribution >= 4 is 40.9 Å². The van der Waals surface area contributed by atoms with Gasteiger partial charge in [-0.05, 0) is 29.7 Å². The van der Waals surface area contributed by atoms with Gasteiger partial charge in [-0.2, -0.15) is 11.8 Å². The van der Waals surface area contributed by atoms with E-state index in [0.717, 1.165) is 42.4 Å². The van der Waals surface area contributed by atoms with Crippen molar-refractivity contribution in [3.05, 3.63) is 64.7 Å². The second kappa shape index (κ2) is 10.8. The normalized spacial score (nSPS) is 15.6.